The zero-order valence-electron chi connectivity index (χ0n) is 16.5. The lowest BCUT2D eigenvalue weighted by Crippen LogP contribution is -2.38. The standard InChI is InChI=1S/C19H24ClN5O4/c1-19(2,3)29-18(27)24-15(9-28-17(26)23-12-5-6-12)11-4-7-14(20)13(8-11)16-21-10-22-25-16/h4,7-8,10,12,15H,5-6,9H2,1-3H3,(H,23,26)(H,24,27)(H,21,22,25). The number of alkyl carbamates (subject to hydrolysis) is 2. The molecule has 29 heavy (non-hydrogen) atoms. The monoisotopic (exact) mass is 421 g/mol. The second-order valence-corrected chi connectivity index (χ2v) is 8.20. The number of ether oxygens (including phenoxy) is 2. The quantitative estimate of drug-likeness (QED) is 0.656. The number of amides is 2. The number of carbonyl (C=O) groups excluding carboxylic acids is 2. The van der Waals surface area contributed by atoms with Gasteiger partial charge in [0.25, 0.3) is 0 Å². The Bertz CT molecular complexity index is 862. The van der Waals surface area contributed by atoms with Crippen molar-refractivity contribution in [3.8, 4) is 11.4 Å². The first-order valence-corrected chi connectivity index (χ1v) is 9.67. The topological polar surface area (TPSA) is 118 Å². The van der Waals surface area contributed by atoms with E-state index in [4.69, 9.17) is 21.1 Å². The molecule has 1 unspecified atom stereocenters. The molecule has 9 nitrogen and oxygen atoms in total. The van der Waals surface area contributed by atoms with E-state index in [1.165, 1.54) is 6.33 Å². The number of nitrogens with one attached hydrogen (secondary N) is 3. The number of halogens is 1. The molecule has 1 aromatic carbocycles. The van der Waals surface area contributed by atoms with Crippen LogP contribution >= 0.6 is 11.6 Å². The van der Waals surface area contributed by atoms with Gasteiger partial charge in [-0.3, -0.25) is 5.10 Å². The van der Waals surface area contributed by atoms with E-state index in [-0.39, 0.29) is 12.6 Å². The van der Waals surface area contributed by atoms with Crippen molar-refractivity contribution in [2.24, 2.45) is 0 Å². The van der Waals surface area contributed by atoms with E-state index in [2.05, 4.69) is 25.8 Å². The summed E-state index contributed by atoms with van der Waals surface area (Å²) < 4.78 is 10.6. The van der Waals surface area contributed by atoms with E-state index in [1.807, 2.05) is 0 Å². The average Bonchev–Trinajstić information content (AvgIpc) is 3.27. The minimum Gasteiger partial charge on any atom is -0.447 e. The van der Waals surface area contributed by atoms with Crippen LogP contribution < -0.4 is 10.6 Å². The molecule has 0 radical (unpaired) electrons. The highest BCUT2D eigenvalue weighted by Crippen LogP contribution is 2.29. The van der Waals surface area contributed by atoms with E-state index in [1.54, 1.807) is 39.0 Å². The molecule has 0 saturated heterocycles. The van der Waals surface area contributed by atoms with Gasteiger partial charge in [0.1, 0.15) is 18.5 Å². The van der Waals surface area contributed by atoms with Crippen LogP contribution in [0.2, 0.25) is 5.02 Å². The van der Waals surface area contributed by atoms with Gasteiger partial charge in [-0.05, 0) is 51.3 Å². The number of rotatable bonds is 6. The Labute approximate surface area is 173 Å². The maximum absolute atomic E-state index is 12.3. The van der Waals surface area contributed by atoms with Crippen LogP contribution in [0.15, 0.2) is 24.5 Å². The second kappa shape index (κ2) is 8.69. The fourth-order valence-corrected chi connectivity index (χ4v) is 2.75. The zero-order valence-corrected chi connectivity index (χ0v) is 17.2. The minimum absolute atomic E-state index is 0.0741. The van der Waals surface area contributed by atoms with Gasteiger partial charge in [-0.1, -0.05) is 17.7 Å². The summed E-state index contributed by atoms with van der Waals surface area (Å²) in [6, 6.07) is 4.71. The molecule has 10 heteroatoms. The van der Waals surface area contributed by atoms with Crippen LogP contribution in [-0.2, 0) is 9.47 Å². The van der Waals surface area contributed by atoms with Gasteiger partial charge in [-0.25, -0.2) is 14.6 Å². The Morgan fingerprint density at radius 1 is 1.31 bits per heavy atom. The molecular weight excluding hydrogens is 398 g/mol. The van der Waals surface area contributed by atoms with Crippen molar-refractivity contribution in [3.63, 3.8) is 0 Å². The van der Waals surface area contributed by atoms with Gasteiger partial charge in [0.05, 0.1) is 11.1 Å². The van der Waals surface area contributed by atoms with Crippen molar-refractivity contribution in [2.75, 3.05) is 6.61 Å². The molecule has 0 bridgehead atoms. The van der Waals surface area contributed by atoms with Gasteiger partial charge in [0.15, 0.2) is 5.82 Å². The van der Waals surface area contributed by atoms with Crippen LogP contribution in [0.5, 0.6) is 0 Å². The normalized spacial score (nSPS) is 14.8. The van der Waals surface area contributed by atoms with Crippen molar-refractivity contribution in [1.82, 2.24) is 25.8 Å². The third kappa shape index (κ3) is 6.35. The number of aromatic amines is 1. The molecule has 0 aliphatic heterocycles. The van der Waals surface area contributed by atoms with Crippen molar-refractivity contribution in [1.29, 1.82) is 0 Å². The van der Waals surface area contributed by atoms with Crippen LogP contribution in [0.25, 0.3) is 11.4 Å². The number of H-pyrrole nitrogens is 1. The van der Waals surface area contributed by atoms with Crippen molar-refractivity contribution < 1.29 is 19.1 Å². The maximum Gasteiger partial charge on any atom is 0.408 e. The van der Waals surface area contributed by atoms with E-state index < -0.39 is 23.8 Å². The Hall–Kier alpha value is -2.81. The number of benzene rings is 1. The lowest BCUT2D eigenvalue weighted by atomic mass is 10.0. The number of hydrogen-bond donors (Lipinski definition) is 3. The van der Waals surface area contributed by atoms with Gasteiger partial charge in [-0.15, -0.1) is 0 Å². The minimum atomic E-state index is -0.663. The van der Waals surface area contributed by atoms with E-state index in [0.717, 1.165) is 12.8 Å². The van der Waals surface area contributed by atoms with Crippen LogP contribution in [0.4, 0.5) is 9.59 Å². The second-order valence-electron chi connectivity index (χ2n) is 7.79. The average molecular weight is 422 g/mol. The first-order chi connectivity index (χ1) is 13.7. The van der Waals surface area contributed by atoms with E-state index in [0.29, 0.717) is 22.0 Å². The predicted octanol–water partition coefficient (Wildman–Crippen LogP) is 3.58. The van der Waals surface area contributed by atoms with Crippen molar-refractivity contribution in [3.05, 3.63) is 35.1 Å². The Morgan fingerprint density at radius 2 is 2.07 bits per heavy atom. The van der Waals surface area contributed by atoms with Gasteiger partial charge < -0.3 is 20.1 Å². The van der Waals surface area contributed by atoms with Gasteiger partial charge in [0.2, 0.25) is 0 Å². The Morgan fingerprint density at radius 3 is 2.69 bits per heavy atom. The molecule has 1 aromatic heterocycles. The fourth-order valence-electron chi connectivity index (χ4n) is 2.54. The summed E-state index contributed by atoms with van der Waals surface area (Å²) in [5, 5.41) is 12.6. The number of hydrogen-bond acceptors (Lipinski definition) is 6. The Balaban J connectivity index is 1.78. The molecule has 2 aromatic rings. The number of nitrogens with zero attached hydrogens (tertiary/aromatic N) is 2. The van der Waals surface area contributed by atoms with Crippen LogP contribution in [0.1, 0.15) is 45.2 Å². The summed E-state index contributed by atoms with van der Waals surface area (Å²) in [7, 11) is 0. The summed E-state index contributed by atoms with van der Waals surface area (Å²) in [6.07, 6.45) is 2.14. The molecule has 1 aliphatic rings. The molecule has 1 aliphatic carbocycles. The fraction of sp³-hybridized carbons (Fsp3) is 0.474. The highest BCUT2D eigenvalue weighted by Gasteiger charge is 2.26. The predicted molar refractivity (Wildman–Crippen MR) is 106 cm³/mol. The summed E-state index contributed by atoms with van der Waals surface area (Å²) >= 11 is 6.28. The highest BCUT2D eigenvalue weighted by molar-refractivity contribution is 6.33. The molecule has 1 saturated carbocycles. The first-order valence-electron chi connectivity index (χ1n) is 9.29. The molecule has 156 valence electrons. The summed E-state index contributed by atoms with van der Waals surface area (Å²) in [6.45, 7) is 5.23. The lowest BCUT2D eigenvalue weighted by molar-refractivity contribution is 0.0470. The third-order valence-electron chi connectivity index (χ3n) is 4.03. The van der Waals surface area contributed by atoms with Gasteiger partial charge in [0, 0.05) is 11.6 Å². The zero-order chi connectivity index (χ0) is 21.0. The molecule has 1 heterocycles. The number of carbonyl (C=O) groups is 2. The summed E-state index contributed by atoms with van der Waals surface area (Å²) in [4.78, 5) is 28.4. The van der Waals surface area contributed by atoms with Crippen LogP contribution in [0.3, 0.4) is 0 Å². The van der Waals surface area contributed by atoms with Gasteiger partial charge in [-0.2, -0.15) is 5.10 Å². The van der Waals surface area contributed by atoms with Crippen LogP contribution in [0, 0.1) is 0 Å². The largest absolute Gasteiger partial charge is 0.447 e. The van der Waals surface area contributed by atoms with E-state index >= 15 is 0 Å². The highest BCUT2D eigenvalue weighted by atomic mass is 35.5. The van der Waals surface area contributed by atoms with Crippen molar-refractivity contribution in [2.45, 2.75) is 51.3 Å². The van der Waals surface area contributed by atoms with Crippen molar-refractivity contribution >= 4 is 23.8 Å². The molecule has 0 spiro atoms. The van der Waals surface area contributed by atoms with Crippen LogP contribution in [-0.4, -0.2) is 45.6 Å². The molecule has 1 atom stereocenters. The van der Waals surface area contributed by atoms with Gasteiger partial charge >= 0.3 is 12.2 Å². The van der Waals surface area contributed by atoms with E-state index in [9.17, 15) is 9.59 Å². The molecular formula is C19H24ClN5O4. The summed E-state index contributed by atoms with van der Waals surface area (Å²) in [5.74, 6) is 0.486. The third-order valence-corrected chi connectivity index (χ3v) is 4.36. The maximum atomic E-state index is 12.3. The molecule has 1 fully saturated rings. The molecule has 2 amide bonds. The number of aromatic nitrogens is 3. The lowest BCUT2D eigenvalue weighted by Gasteiger charge is -2.24. The Kier molecular flexibility index (Phi) is 6.26. The molecule has 3 rings (SSSR count). The molecule has 3 N–H and O–H groups in total. The first kappa shape index (κ1) is 20.9. The summed E-state index contributed by atoms with van der Waals surface area (Å²) in [5.41, 5.74) is 0.620. The smallest absolute Gasteiger partial charge is 0.408 e. The SMILES string of the molecule is CC(C)(C)OC(=O)NC(COC(=O)NC1CC1)c1ccc(Cl)c(-c2ncn[nH]2)c1.